The molecule has 0 saturated carbocycles. The van der Waals surface area contributed by atoms with Crippen LogP contribution in [0.5, 0.6) is 0 Å². The summed E-state index contributed by atoms with van der Waals surface area (Å²) in [4.78, 5) is 28.0. The molecule has 2 aromatic rings. The average Bonchev–Trinajstić information content (AvgIpc) is 3.29. The molecule has 2 atom stereocenters. The first kappa shape index (κ1) is 16.9. The quantitative estimate of drug-likeness (QED) is 0.792. The summed E-state index contributed by atoms with van der Waals surface area (Å²) in [6, 6.07) is 6.62. The van der Waals surface area contributed by atoms with Gasteiger partial charge in [0.05, 0.1) is 0 Å². The topological polar surface area (TPSA) is 88.9 Å². The number of amides is 2. The largest absolute Gasteiger partial charge is 0.326 e. The van der Waals surface area contributed by atoms with Crippen molar-refractivity contribution in [1.29, 1.82) is 0 Å². The highest BCUT2D eigenvalue weighted by Gasteiger charge is 2.16. The maximum Gasteiger partial charge on any atom is 0.249 e. The molecule has 2 N–H and O–H groups in total. The maximum absolute atomic E-state index is 12.2. The molecule has 7 heteroatoms. The summed E-state index contributed by atoms with van der Waals surface area (Å²) in [6.07, 6.45) is 9.72. The maximum atomic E-state index is 12.2. The van der Waals surface area contributed by atoms with E-state index in [1.807, 2.05) is 0 Å². The Morgan fingerprint density at radius 1 is 1.24 bits per heavy atom. The average molecular weight is 339 g/mol. The van der Waals surface area contributed by atoms with Gasteiger partial charge in [0, 0.05) is 17.8 Å². The predicted molar refractivity (Wildman–Crippen MR) is 94.9 cm³/mol. The van der Waals surface area contributed by atoms with Crippen LogP contribution in [0.1, 0.15) is 32.2 Å². The van der Waals surface area contributed by atoms with E-state index in [1.165, 1.54) is 17.3 Å². The number of rotatable bonds is 6. The molecule has 0 bridgehead atoms. The van der Waals surface area contributed by atoms with E-state index in [1.54, 1.807) is 31.2 Å². The summed E-state index contributed by atoms with van der Waals surface area (Å²) < 4.78 is 1.49. The van der Waals surface area contributed by atoms with Crippen LogP contribution in [-0.2, 0) is 9.59 Å². The zero-order valence-electron chi connectivity index (χ0n) is 14.1. The number of benzene rings is 1. The second-order valence-corrected chi connectivity index (χ2v) is 6.14. The molecule has 1 aromatic carbocycles. The molecule has 0 fully saturated rings. The van der Waals surface area contributed by atoms with Crippen LogP contribution < -0.4 is 10.6 Å². The highest BCUT2D eigenvalue weighted by molar-refractivity contribution is 5.94. The van der Waals surface area contributed by atoms with Gasteiger partial charge in [0.2, 0.25) is 11.8 Å². The van der Waals surface area contributed by atoms with Crippen molar-refractivity contribution >= 4 is 23.2 Å². The summed E-state index contributed by atoms with van der Waals surface area (Å²) in [5.41, 5.74) is 1.38. The molecule has 1 heterocycles. The first-order valence-electron chi connectivity index (χ1n) is 8.33. The Hall–Kier alpha value is -2.96. The van der Waals surface area contributed by atoms with Crippen molar-refractivity contribution in [3.8, 4) is 0 Å². The van der Waals surface area contributed by atoms with Gasteiger partial charge in [0.15, 0.2) is 0 Å². The lowest BCUT2D eigenvalue weighted by Gasteiger charge is -2.13. The predicted octanol–water partition coefficient (Wildman–Crippen LogP) is 2.77. The Morgan fingerprint density at radius 2 is 1.96 bits per heavy atom. The molecular weight excluding hydrogens is 318 g/mol. The van der Waals surface area contributed by atoms with E-state index in [9.17, 15) is 9.59 Å². The summed E-state index contributed by atoms with van der Waals surface area (Å²) >= 11 is 0. The third-order valence-electron chi connectivity index (χ3n) is 4.21. The molecule has 0 radical (unpaired) electrons. The van der Waals surface area contributed by atoms with Crippen molar-refractivity contribution < 1.29 is 9.59 Å². The summed E-state index contributed by atoms with van der Waals surface area (Å²) in [5, 5.41) is 9.67. The molecular formula is C18H21N5O2. The smallest absolute Gasteiger partial charge is 0.249 e. The molecule has 0 saturated heterocycles. The number of allylic oxidation sites excluding steroid dienone is 2. The fourth-order valence-corrected chi connectivity index (χ4v) is 2.74. The van der Waals surface area contributed by atoms with Gasteiger partial charge in [-0.15, -0.1) is 0 Å². The second kappa shape index (κ2) is 7.74. The third-order valence-corrected chi connectivity index (χ3v) is 4.21. The monoisotopic (exact) mass is 339 g/mol. The summed E-state index contributed by atoms with van der Waals surface area (Å²) in [6.45, 7) is 1.75. The second-order valence-electron chi connectivity index (χ2n) is 6.14. The number of hydrogen-bond acceptors (Lipinski definition) is 4. The Kier molecular flexibility index (Phi) is 5.23. The molecule has 2 amide bonds. The van der Waals surface area contributed by atoms with E-state index >= 15 is 0 Å². The SMILES string of the molecule is C[C@H](C(=O)Nc1ccc(NC(=O)C[C@H]2C=CCC2)cc1)n1cncn1. The zero-order valence-corrected chi connectivity index (χ0v) is 14.1. The Bertz CT molecular complexity index is 752. The normalized spacial score (nSPS) is 17.2. The van der Waals surface area contributed by atoms with Crippen molar-refractivity contribution in [1.82, 2.24) is 14.8 Å². The molecule has 1 aliphatic rings. The summed E-state index contributed by atoms with van der Waals surface area (Å²) in [5.74, 6) is 0.167. The molecule has 0 aliphatic heterocycles. The van der Waals surface area contributed by atoms with Crippen molar-refractivity contribution in [3.05, 3.63) is 49.1 Å². The van der Waals surface area contributed by atoms with Gasteiger partial charge < -0.3 is 10.6 Å². The molecule has 0 spiro atoms. The molecule has 1 aromatic heterocycles. The first-order valence-corrected chi connectivity index (χ1v) is 8.33. The van der Waals surface area contributed by atoms with Crippen molar-refractivity contribution in [2.75, 3.05) is 10.6 Å². The van der Waals surface area contributed by atoms with E-state index in [4.69, 9.17) is 0 Å². The van der Waals surface area contributed by atoms with E-state index in [0.717, 1.165) is 12.8 Å². The number of nitrogens with one attached hydrogen (secondary N) is 2. The van der Waals surface area contributed by atoms with Crippen LogP contribution in [0.4, 0.5) is 11.4 Å². The number of anilines is 2. The zero-order chi connectivity index (χ0) is 17.6. The van der Waals surface area contributed by atoms with Crippen LogP contribution in [0.3, 0.4) is 0 Å². The van der Waals surface area contributed by atoms with Gasteiger partial charge in [0.25, 0.3) is 0 Å². The van der Waals surface area contributed by atoms with Crippen molar-refractivity contribution in [2.24, 2.45) is 5.92 Å². The van der Waals surface area contributed by atoms with Crippen LogP contribution in [-0.4, -0.2) is 26.6 Å². The Morgan fingerprint density at radius 3 is 2.56 bits per heavy atom. The van der Waals surface area contributed by atoms with E-state index in [-0.39, 0.29) is 11.8 Å². The molecule has 130 valence electrons. The number of carbonyl (C=O) groups excluding carboxylic acids is 2. The minimum absolute atomic E-state index is 0.00754. The Labute approximate surface area is 146 Å². The highest BCUT2D eigenvalue weighted by Crippen LogP contribution is 2.21. The Balaban J connectivity index is 1.52. The lowest BCUT2D eigenvalue weighted by molar-refractivity contribution is -0.119. The minimum Gasteiger partial charge on any atom is -0.326 e. The van der Waals surface area contributed by atoms with Crippen LogP contribution in [0.2, 0.25) is 0 Å². The van der Waals surface area contributed by atoms with Gasteiger partial charge in [-0.05, 0) is 49.9 Å². The lowest BCUT2D eigenvalue weighted by atomic mass is 10.1. The highest BCUT2D eigenvalue weighted by atomic mass is 16.2. The summed E-state index contributed by atoms with van der Waals surface area (Å²) in [7, 11) is 0. The van der Waals surface area contributed by atoms with E-state index < -0.39 is 6.04 Å². The van der Waals surface area contributed by atoms with Gasteiger partial charge in [-0.2, -0.15) is 5.10 Å². The minimum atomic E-state index is -0.457. The molecule has 1 aliphatic carbocycles. The van der Waals surface area contributed by atoms with Gasteiger partial charge in [-0.3, -0.25) is 9.59 Å². The van der Waals surface area contributed by atoms with Gasteiger partial charge in [-0.1, -0.05) is 12.2 Å². The molecule has 25 heavy (non-hydrogen) atoms. The van der Waals surface area contributed by atoms with Crippen LogP contribution in [0.25, 0.3) is 0 Å². The van der Waals surface area contributed by atoms with E-state index in [0.29, 0.717) is 23.7 Å². The fourth-order valence-electron chi connectivity index (χ4n) is 2.74. The van der Waals surface area contributed by atoms with Crippen LogP contribution in [0.15, 0.2) is 49.1 Å². The number of carbonyl (C=O) groups is 2. The lowest BCUT2D eigenvalue weighted by Crippen LogP contribution is -2.24. The van der Waals surface area contributed by atoms with E-state index in [2.05, 4.69) is 32.9 Å². The van der Waals surface area contributed by atoms with Gasteiger partial charge in [0.1, 0.15) is 18.7 Å². The van der Waals surface area contributed by atoms with Gasteiger partial charge >= 0.3 is 0 Å². The molecule has 3 rings (SSSR count). The fraction of sp³-hybridized carbons (Fsp3) is 0.333. The van der Waals surface area contributed by atoms with Crippen molar-refractivity contribution in [3.63, 3.8) is 0 Å². The third kappa shape index (κ3) is 4.53. The molecule has 0 unspecified atom stereocenters. The van der Waals surface area contributed by atoms with Crippen molar-refractivity contribution in [2.45, 2.75) is 32.2 Å². The van der Waals surface area contributed by atoms with Crippen LogP contribution >= 0.6 is 0 Å². The van der Waals surface area contributed by atoms with Crippen LogP contribution in [0, 0.1) is 5.92 Å². The standard InChI is InChI=1S/C18H21N5O2/c1-13(23-12-19-11-20-23)18(25)22-16-8-6-15(7-9-16)21-17(24)10-14-4-2-3-5-14/h2,4,6-9,11-14H,3,5,10H2,1H3,(H,21,24)(H,22,25)/t13-,14+/m1/s1. The number of aromatic nitrogens is 3. The first-order chi connectivity index (χ1) is 12.1. The molecule has 7 nitrogen and oxygen atoms in total. The number of nitrogens with zero attached hydrogens (tertiary/aromatic N) is 3. The number of hydrogen-bond donors (Lipinski definition) is 2. The van der Waals surface area contributed by atoms with Gasteiger partial charge in [-0.25, -0.2) is 9.67 Å².